The standard InChI is InChI=1S/C21H23NO5S2/c1-26-17-10-15(22(21(24)25)13-14-8-6-5-7-9-14)11-18(27-2)20(17)16(23)12-19(28-3)29-4/h5-12H,13H2,1-4H3,(H,24,25). The lowest BCUT2D eigenvalue weighted by atomic mass is 10.1. The van der Waals surface area contributed by atoms with Crippen LogP contribution in [0.15, 0.2) is 52.8 Å². The Labute approximate surface area is 178 Å². The van der Waals surface area contributed by atoms with E-state index in [1.165, 1.54) is 48.7 Å². The number of benzene rings is 2. The Hall–Kier alpha value is -2.58. The summed E-state index contributed by atoms with van der Waals surface area (Å²) in [7, 11) is 2.87. The molecule has 0 aliphatic carbocycles. The minimum atomic E-state index is -1.12. The Morgan fingerprint density at radius 2 is 1.59 bits per heavy atom. The van der Waals surface area contributed by atoms with Crippen LogP contribution in [0.25, 0.3) is 0 Å². The molecule has 1 amide bonds. The van der Waals surface area contributed by atoms with Crippen LogP contribution in [0.2, 0.25) is 0 Å². The molecule has 29 heavy (non-hydrogen) atoms. The minimum Gasteiger partial charge on any atom is -0.496 e. The molecular formula is C21H23NO5S2. The molecule has 0 heterocycles. The van der Waals surface area contributed by atoms with Gasteiger partial charge >= 0.3 is 6.09 Å². The van der Waals surface area contributed by atoms with Gasteiger partial charge in [0, 0.05) is 22.4 Å². The van der Waals surface area contributed by atoms with Gasteiger partial charge in [0.25, 0.3) is 0 Å². The number of hydrogen-bond acceptors (Lipinski definition) is 6. The first-order valence-electron chi connectivity index (χ1n) is 8.59. The second-order valence-electron chi connectivity index (χ2n) is 5.82. The summed E-state index contributed by atoms with van der Waals surface area (Å²) in [5.41, 5.74) is 1.44. The molecular weight excluding hydrogens is 410 g/mol. The van der Waals surface area contributed by atoms with E-state index in [0.717, 1.165) is 9.80 Å². The number of carbonyl (C=O) groups is 2. The summed E-state index contributed by atoms with van der Waals surface area (Å²) >= 11 is 2.94. The summed E-state index contributed by atoms with van der Waals surface area (Å²) in [6.07, 6.45) is 4.18. The molecule has 2 aromatic rings. The molecule has 2 rings (SSSR count). The number of nitrogens with zero attached hydrogens (tertiary/aromatic N) is 1. The number of amides is 1. The van der Waals surface area contributed by atoms with Gasteiger partial charge in [-0.1, -0.05) is 30.3 Å². The van der Waals surface area contributed by atoms with E-state index < -0.39 is 6.09 Å². The molecule has 0 saturated heterocycles. The predicted octanol–water partition coefficient (Wildman–Crippen LogP) is 5.14. The summed E-state index contributed by atoms with van der Waals surface area (Å²) in [6, 6.07) is 12.3. The van der Waals surface area contributed by atoms with Gasteiger partial charge in [0.05, 0.1) is 26.5 Å². The van der Waals surface area contributed by atoms with Gasteiger partial charge in [0.2, 0.25) is 0 Å². The van der Waals surface area contributed by atoms with Gasteiger partial charge in [-0.3, -0.25) is 9.69 Å². The summed E-state index contributed by atoms with van der Waals surface area (Å²) in [5.74, 6) is 0.233. The lowest BCUT2D eigenvalue weighted by molar-refractivity contribution is 0.104. The molecule has 0 radical (unpaired) electrons. The maximum atomic E-state index is 12.8. The lowest BCUT2D eigenvalue weighted by Gasteiger charge is -2.22. The second-order valence-corrected chi connectivity index (χ2v) is 7.77. The largest absolute Gasteiger partial charge is 0.496 e. The number of rotatable bonds is 9. The first kappa shape index (κ1) is 22.7. The molecule has 6 nitrogen and oxygen atoms in total. The lowest BCUT2D eigenvalue weighted by Crippen LogP contribution is -2.28. The highest BCUT2D eigenvalue weighted by atomic mass is 32.2. The Bertz CT molecular complexity index is 868. The number of anilines is 1. The van der Waals surface area contributed by atoms with Crippen molar-refractivity contribution in [3.8, 4) is 11.5 Å². The molecule has 8 heteroatoms. The van der Waals surface area contributed by atoms with Crippen molar-refractivity contribution in [3.63, 3.8) is 0 Å². The van der Waals surface area contributed by atoms with Crippen LogP contribution >= 0.6 is 23.5 Å². The first-order chi connectivity index (χ1) is 13.9. The normalized spacial score (nSPS) is 10.2. The SMILES string of the molecule is COc1cc(N(Cc2ccccc2)C(=O)O)cc(OC)c1C(=O)C=C(SC)SC. The van der Waals surface area contributed by atoms with Crippen molar-refractivity contribution in [2.45, 2.75) is 6.54 Å². The number of thioether (sulfide) groups is 2. The van der Waals surface area contributed by atoms with Crippen LogP contribution in [-0.4, -0.2) is 43.7 Å². The molecule has 0 fully saturated rings. The van der Waals surface area contributed by atoms with Crippen molar-refractivity contribution < 1.29 is 24.2 Å². The van der Waals surface area contributed by atoms with E-state index in [1.54, 1.807) is 12.1 Å². The number of allylic oxidation sites excluding steroid dienone is 1. The molecule has 154 valence electrons. The maximum absolute atomic E-state index is 12.8. The number of ketones is 1. The Balaban J connectivity index is 2.53. The zero-order valence-electron chi connectivity index (χ0n) is 16.7. The van der Waals surface area contributed by atoms with E-state index in [-0.39, 0.29) is 29.4 Å². The summed E-state index contributed by atoms with van der Waals surface area (Å²) in [5, 5.41) is 9.74. The van der Waals surface area contributed by atoms with Crippen molar-refractivity contribution >= 4 is 41.1 Å². The van der Waals surface area contributed by atoms with Gasteiger partial charge < -0.3 is 14.6 Å². The van der Waals surface area contributed by atoms with Crippen LogP contribution in [0.4, 0.5) is 10.5 Å². The van der Waals surface area contributed by atoms with Gasteiger partial charge in [-0.05, 0) is 18.1 Å². The molecule has 0 bridgehead atoms. The molecule has 2 aromatic carbocycles. The minimum absolute atomic E-state index is 0.152. The highest BCUT2D eigenvalue weighted by Crippen LogP contribution is 2.37. The van der Waals surface area contributed by atoms with Gasteiger partial charge in [-0.15, -0.1) is 23.5 Å². The molecule has 0 aromatic heterocycles. The van der Waals surface area contributed by atoms with Crippen molar-refractivity contribution in [2.75, 3.05) is 31.6 Å². The Morgan fingerprint density at radius 1 is 1.03 bits per heavy atom. The van der Waals surface area contributed by atoms with E-state index in [4.69, 9.17) is 9.47 Å². The molecule has 0 aliphatic heterocycles. The molecule has 1 N–H and O–H groups in total. The number of carbonyl (C=O) groups excluding carboxylic acids is 1. The fourth-order valence-corrected chi connectivity index (χ4v) is 3.83. The van der Waals surface area contributed by atoms with E-state index in [0.29, 0.717) is 5.69 Å². The Kier molecular flexibility index (Phi) is 8.48. The van der Waals surface area contributed by atoms with E-state index in [1.807, 2.05) is 42.8 Å². The fraction of sp³-hybridized carbons (Fsp3) is 0.238. The van der Waals surface area contributed by atoms with Gasteiger partial charge in [0.1, 0.15) is 17.1 Å². The Morgan fingerprint density at radius 3 is 2.03 bits per heavy atom. The number of ether oxygens (including phenoxy) is 2. The topological polar surface area (TPSA) is 76.1 Å². The highest BCUT2D eigenvalue weighted by Gasteiger charge is 2.23. The number of methoxy groups -OCH3 is 2. The van der Waals surface area contributed by atoms with Gasteiger partial charge in [0.15, 0.2) is 5.78 Å². The monoisotopic (exact) mass is 433 g/mol. The van der Waals surface area contributed by atoms with Crippen molar-refractivity contribution in [3.05, 3.63) is 63.9 Å². The average molecular weight is 434 g/mol. The quantitative estimate of drug-likeness (QED) is 0.433. The third-order valence-electron chi connectivity index (χ3n) is 4.11. The smallest absolute Gasteiger partial charge is 0.412 e. The summed E-state index contributed by atoms with van der Waals surface area (Å²) in [6.45, 7) is 0.152. The summed E-state index contributed by atoms with van der Waals surface area (Å²) in [4.78, 5) is 25.9. The molecule has 0 unspecified atom stereocenters. The first-order valence-corrected chi connectivity index (χ1v) is 11.0. The van der Waals surface area contributed by atoms with Gasteiger partial charge in [-0.2, -0.15) is 0 Å². The van der Waals surface area contributed by atoms with E-state index in [2.05, 4.69) is 0 Å². The molecule has 0 atom stereocenters. The molecule has 0 aliphatic rings. The van der Waals surface area contributed by atoms with Crippen LogP contribution < -0.4 is 14.4 Å². The molecule has 0 saturated carbocycles. The predicted molar refractivity (Wildman–Crippen MR) is 120 cm³/mol. The number of carboxylic acid groups (broad SMARTS) is 1. The zero-order chi connectivity index (χ0) is 21.4. The molecule has 0 spiro atoms. The third kappa shape index (κ3) is 5.71. The van der Waals surface area contributed by atoms with Crippen LogP contribution in [0.3, 0.4) is 0 Å². The van der Waals surface area contributed by atoms with Crippen molar-refractivity contribution in [2.24, 2.45) is 0 Å². The van der Waals surface area contributed by atoms with Crippen molar-refractivity contribution in [1.82, 2.24) is 0 Å². The van der Waals surface area contributed by atoms with Crippen molar-refractivity contribution in [1.29, 1.82) is 0 Å². The second kappa shape index (κ2) is 10.8. The van der Waals surface area contributed by atoms with Crippen LogP contribution in [0, 0.1) is 0 Å². The third-order valence-corrected chi connectivity index (χ3v) is 6.15. The maximum Gasteiger partial charge on any atom is 0.412 e. The van der Waals surface area contributed by atoms with Crippen LogP contribution in [0.5, 0.6) is 11.5 Å². The average Bonchev–Trinajstić information content (AvgIpc) is 2.75. The van der Waals surface area contributed by atoms with Gasteiger partial charge in [-0.25, -0.2) is 4.79 Å². The zero-order valence-corrected chi connectivity index (χ0v) is 18.3. The van der Waals surface area contributed by atoms with Crippen LogP contribution in [0.1, 0.15) is 15.9 Å². The fourth-order valence-electron chi connectivity index (χ4n) is 2.71. The highest BCUT2D eigenvalue weighted by molar-refractivity contribution is 8.21. The number of hydrogen-bond donors (Lipinski definition) is 1. The summed E-state index contributed by atoms with van der Waals surface area (Å²) < 4.78 is 11.7. The van der Waals surface area contributed by atoms with Crippen LogP contribution in [-0.2, 0) is 6.54 Å². The van der Waals surface area contributed by atoms with E-state index >= 15 is 0 Å². The van der Waals surface area contributed by atoms with E-state index in [9.17, 15) is 14.7 Å².